The smallest absolute Gasteiger partial charge is 0.119 e. The largest absolute Gasteiger partial charge is 0.494 e. The Bertz CT molecular complexity index is 429. The molecule has 0 amide bonds. The quantitative estimate of drug-likeness (QED) is 0.755. The van der Waals surface area contributed by atoms with Gasteiger partial charge in [-0.3, -0.25) is 4.99 Å². The summed E-state index contributed by atoms with van der Waals surface area (Å²) in [6, 6.07) is 8.20. The van der Waals surface area contributed by atoms with Crippen LogP contribution in [0.2, 0.25) is 0 Å². The molecule has 1 aromatic carbocycles. The van der Waals surface area contributed by atoms with Gasteiger partial charge in [0.2, 0.25) is 0 Å². The van der Waals surface area contributed by atoms with Gasteiger partial charge >= 0.3 is 0 Å². The van der Waals surface area contributed by atoms with Crippen molar-refractivity contribution in [3.05, 3.63) is 41.5 Å². The highest BCUT2D eigenvalue weighted by molar-refractivity contribution is 6.10. The number of nitrogens with zero attached hydrogens (tertiary/aromatic N) is 1. The summed E-state index contributed by atoms with van der Waals surface area (Å²) >= 11 is 0. The third-order valence-corrected chi connectivity index (χ3v) is 2.87. The Labute approximate surface area is 103 Å². The number of hydrogen-bond acceptors (Lipinski definition) is 2. The van der Waals surface area contributed by atoms with Crippen LogP contribution < -0.4 is 4.74 Å². The molecule has 0 unspecified atom stereocenters. The van der Waals surface area contributed by atoms with E-state index in [9.17, 15) is 0 Å². The topological polar surface area (TPSA) is 21.6 Å². The van der Waals surface area contributed by atoms with Gasteiger partial charge in [-0.2, -0.15) is 0 Å². The van der Waals surface area contributed by atoms with E-state index in [1.807, 2.05) is 12.1 Å². The first-order valence-corrected chi connectivity index (χ1v) is 6.30. The zero-order valence-corrected chi connectivity index (χ0v) is 10.6. The highest BCUT2D eigenvalue weighted by atomic mass is 16.5. The van der Waals surface area contributed by atoms with Gasteiger partial charge in [0.15, 0.2) is 0 Å². The molecule has 0 saturated carbocycles. The Hall–Kier alpha value is -1.57. The predicted molar refractivity (Wildman–Crippen MR) is 72.0 cm³/mol. The molecule has 0 aromatic heterocycles. The zero-order valence-electron chi connectivity index (χ0n) is 10.6. The summed E-state index contributed by atoms with van der Waals surface area (Å²) in [4.78, 5) is 4.53. The third kappa shape index (κ3) is 2.96. The van der Waals surface area contributed by atoms with Crippen molar-refractivity contribution in [2.45, 2.75) is 26.7 Å². The summed E-state index contributed by atoms with van der Waals surface area (Å²) in [6.07, 6.45) is 4.32. The standard InChI is InChI=1S/C15H19NO/c1-3-9-17-14-7-5-13(6-8-14)15-10-12(4-2)11-16-15/h5-8,10H,3-4,9,11H2,1-2H3. The van der Waals surface area contributed by atoms with Gasteiger partial charge in [-0.1, -0.05) is 13.8 Å². The lowest BCUT2D eigenvalue weighted by Crippen LogP contribution is -1.97. The Morgan fingerprint density at radius 1 is 1.18 bits per heavy atom. The molecule has 0 spiro atoms. The number of rotatable bonds is 5. The minimum Gasteiger partial charge on any atom is -0.494 e. The molecule has 0 atom stereocenters. The molecule has 1 aliphatic rings. The Balaban J connectivity index is 2.06. The lowest BCUT2D eigenvalue weighted by Gasteiger charge is -2.05. The zero-order chi connectivity index (χ0) is 12.1. The van der Waals surface area contributed by atoms with Crippen molar-refractivity contribution in [1.82, 2.24) is 0 Å². The van der Waals surface area contributed by atoms with E-state index in [0.717, 1.165) is 37.5 Å². The summed E-state index contributed by atoms with van der Waals surface area (Å²) in [5.41, 5.74) is 3.69. The maximum atomic E-state index is 5.56. The number of allylic oxidation sites excluding steroid dienone is 1. The van der Waals surface area contributed by atoms with E-state index >= 15 is 0 Å². The summed E-state index contributed by atoms with van der Waals surface area (Å²) in [5, 5.41) is 0. The molecule has 90 valence electrons. The van der Waals surface area contributed by atoms with Gasteiger partial charge < -0.3 is 4.74 Å². The molecule has 0 bridgehead atoms. The fourth-order valence-electron chi connectivity index (χ4n) is 1.80. The van der Waals surface area contributed by atoms with Crippen molar-refractivity contribution in [3.8, 4) is 5.75 Å². The van der Waals surface area contributed by atoms with Crippen LogP contribution in [0, 0.1) is 0 Å². The van der Waals surface area contributed by atoms with Crippen molar-refractivity contribution >= 4 is 5.71 Å². The minimum absolute atomic E-state index is 0.778. The molecule has 1 aliphatic heterocycles. The highest BCUT2D eigenvalue weighted by Crippen LogP contribution is 2.18. The van der Waals surface area contributed by atoms with E-state index in [0.29, 0.717) is 0 Å². The van der Waals surface area contributed by atoms with Crippen LogP contribution in [0.4, 0.5) is 0 Å². The van der Waals surface area contributed by atoms with E-state index < -0.39 is 0 Å². The number of benzene rings is 1. The van der Waals surface area contributed by atoms with Crippen LogP contribution >= 0.6 is 0 Å². The maximum Gasteiger partial charge on any atom is 0.119 e. The summed E-state index contributed by atoms with van der Waals surface area (Å²) in [7, 11) is 0. The van der Waals surface area contributed by atoms with Gasteiger partial charge in [0.1, 0.15) is 5.75 Å². The van der Waals surface area contributed by atoms with Gasteiger partial charge in [0.05, 0.1) is 18.9 Å². The first-order valence-electron chi connectivity index (χ1n) is 6.30. The van der Waals surface area contributed by atoms with Gasteiger partial charge in [-0.25, -0.2) is 0 Å². The molecule has 0 N–H and O–H groups in total. The molecular formula is C15H19NO. The second-order valence-electron chi connectivity index (χ2n) is 4.23. The highest BCUT2D eigenvalue weighted by Gasteiger charge is 2.08. The second kappa shape index (κ2) is 5.67. The van der Waals surface area contributed by atoms with Crippen LogP contribution in [0.25, 0.3) is 0 Å². The Morgan fingerprint density at radius 3 is 2.53 bits per heavy atom. The van der Waals surface area contributed by atoms with E-state index in [1.165, 1.54) is 11.1 Å². The molecule has 0 aliphatic carbocycles. The summed E-state index contributed by atoms with van der Waals surface area (Å²) < 4.78 is 5.56. The molecule has 2 nitrogen and oxygen atoms in total. The predicted octanol–water partition coefficient (Wildman–Crippen LogP) is 3.61. The van der Waals surface area contributed by atoms with Gasteiger partial charge in [0.25, 0.3) is 0 Å². The van der Waals surface area contributed by atoms with Crippen LogP contribution in [0.3, 0.4) is 0 Å². The average Bonchev–Trinajstić information content (AvgIpc) is 2.86. The van der Waals surface area contributed by atoms with Crippen LogP contribution in [0.5, 0.6) is 5.75 Å². The Kier molecular flexibility index (Phi) is 3.97. The lowest BCUT2D eigenvalue weighted by atomic mass is 10.1. The average molecular weight is 229 g/mol. The van der Waals surface area contributed by atoms with Crippen molar-refractivity contribution in [2.75, 3.05) is 13.2 Å². The van der Waals surface area contributed by atoms with Crippen LogP contribution in [-0.2, 0) is 0 Å². The Morgan fingerprint density at radius 2 is 1.94 bits per heavy atom. The van der Waals surface area contributed by atoms with Gasteiger partial charge in [0, 0.05) is 0 Å². The molecule has 17 heavy (non-hydrogen) atoms. The van der Waals surface area contributed by atoms with E-state index in [-0.39, 0.29) is 0 Å². The molecule has 0 radical (unpaired) electrons. The third-order valence-electron chi connectivity index (χ3n) is 2.87. The molecule has 2 heteroatoms. The first kappa shape index (κ1) is 11.9. The second-order valence-corrected chi connectivity index (χ2v) is 4.23. The normalized spacial score (nSPS) is 14.5. The van der Waals surface area contributed by atoms with E-state index in [1.54, 1.807) is 0 Å². The van der Waals surface area contributed by atoms with Gasteiger partial charge in [-0.15, -0.1) is 0 Å². The molecule has 0 saturated heterocycles. The van der Waals surface area contributed by atoms with Crippen LogP contribution in [0.15, 0.2) is 40.9 Å². The fourth-order valence-corrected chi connectivity index (χ4v) is 1.80. The fraction of sp³-hybridized carbons (Fsp3) is 0.400. The summed E-state index contributed by atoms with van der Waals surface area (Å²) in [6.45, 7) is 5.92. The number of aliphatic imine (C=N–C) groups is 1. The molecular weight excluding hydrogens is 210 g/mol. The molecule has 0 fully saturated rings. The number of ether oxygens (including phenoxy) is 1. The maximum absolute atomic E-state index is 5.56. The number of hydrogen-bond donors (Lipinski definition) is 0. The molecule has 1 heterocycles. The van der Waals surface area contributed by atoms with Crippen molar-refractivity contribution in [3.63, 3.8) is 0 Å². The van der Waals surface area contributed by atoms with Crippen LogP contribution in [0.1, 0.15) is 32.3 Å². The van der Waals surface area contributed by atoms with Crippen molar-refractivity contribution in [1.29, 1.82) is 0 Å². The van der Waals surface area contributed by atoms with Crippen LogP contribution in [-0.4, -0.2) is 18.9 Å². The van der Waals surface area contributed by atoms with Crippen molar-refractivity contribution in [2.24, 2.45) is 4.99 Å². The van der Waals surface area contributed by atoms with E-state index in [2.05, 4.69) is 37.0 Å². The minimum atomic E-state index is 0.778. The van der Waals surface area contributed by atoms with E-state index in [4.69, 9.17) is 4.74 Å². The monoisotopic (exact) mass is 229 g/mol. The molecule has 2 rings (SSSR count). The SMILES string of the molecule is CCCOc1ccc(C2=NCC(CC)=C2)cc1. The van der Waals surface area contributed by atoms with Crippen molar-refractivity contribution < 1.29 is 4.74 Å². The van der Waals surface area contributed by atoms with Gasteiger partial charge in [-0.05, 0) is 54.3 Å². The summed E-state index contributed by atoms with van der Waals surface area (Å²) in [5.74, 6) is 0.939. The lowest BCUT2D eigenvalue weighted by molar-refractivity contribution is 0.317. The first-order chi connectivity index (χ1) is 8.33. The molecule has 1 aromatic rings.